The molecule has 2 heterocycles. The van der Waals surface area contributed by atoms with Crippen molar-refractivity contribution in [3.63, 3.8) is 0 Å². The van der Waals surface area contributed by atoms with E-state index in [1.807, 2.05) is 36.1 Å². The van der Waals surface area contributed by atoms with Crippen molar-refractivity contribution >= 4 is 16.9 Å². The average molecular weight is 264 g/mol. The maximum atomic E-state index is 10.6. The highest BCUT2D eigenvalue weighted by Gasteiger charge is 2.45. The average Bonchev–Trinajstić information content (AvgIpc) is 2.94. The Kier molecular flexibility index (Phi) is 2.95. The normalized spacial score (nSPS) is 26.1. The summed E-state index contributed by atoms with van der Waals surface area (Å²) >= 11 is 1.61. The number of hydrogen-bond acceptors (Lipinski definition) is 5. The summed E-state index contributed by atoms with van der Waals surface area (Å²) < 4.78 is 5.77. The van der Waals surface area contributed by atoms with Gasteiger partial charge in [0.05, 0.1) is 12.3 Å². The summed E-state index contributed by atoms with van der Waals surface area (Å²) in [6, 6.07) is 7.86. The molecule has 0 saturated carbocycles. The van der Waals surface area contributed by atoms with Crippen LogP contribution in [0.3, 0.4) is 0 Å². The fourth-order valence-electron chi connectivity index (χ4n) is 2.23. The highest BCUT2D eigenvalue weighted by Crippen LogP contribution is 2.34. The third-order valence-corrected chi connectivity index (χ3v) is 4.50. The van der Waals surface area contributed by atoms with Crippen molar-refractivity contribution < 1.29 is 9.84 Å². The first-order chi connectivity index (χ1) is 8.69. The summed E-state index contributed by atoms with van der Waals surface area (Å²) in [6.07, 6.45) is 0. The number of benzene rings is 1. The third kappa shape index (κ3) is 1.97. The lowest BCUT2D eigenvalue weighted by Crippen LogP contribution is -2.51. The Hall–Kier alpha value is -1.20. The van der Waals surface area contributed by atoms with E-state index in [2.05, 4.69) is 4.99 Å². The van der Waals surface area contributed by atoms with Crippen LogP contribution in [-0.2, 0) is 0 Å². The number of rotatable bonds is 3. The van der Waals surface area contributed by atoms with Crippen LogP contribution < -0.4 is 4.74 Å². The van der Waals surface area contributed by atoms with Gasteiger partial charge in [0.15, 0.2) is 10.9 Å². The standard InChI is InChI=1S/C13H16N2O2S/c1-10-4-2-3-5-11(10)17-8-13(16)9-18-12-14-6-7-15(12)13/h2-5,16H,6-9H2,1H3. The quantitative estimate of drug-likeness (QED) is 0.898. The predicted octanol–water partition coefficient (Wildman–Crippen LogP) is 1.48. The molecule has 1 saturated heterocycles. The minimum absolute atomic E-state index is 0.282. The molecule has 0 amide bonds. The van der Waals surface area contributed by atoms with Crippen LogP contribution in [-0.4, -0.2) is 46.3 Å². The summed E-state index contributed by atoms with van der Waals surface area (Å²) in [4.78, 5) is 6.31. The summed E-state index contributed by atoms with van der Waals surface area (Å²) in [5.41, 5.74) is 0.171. The SMILES string of the molecule is Cc1ccccc1OCC1(O)CSC2=NCCN21. The van der Waals surface area contributed by atoms with Gasteiger partial charge in [0, 0.05) is 6.54 Å². The van der Waals surface area contributed by atoms with E-state index in [1.54, 1.807) is 11.8 Å². The van der Waals surface area contributed by atoms with Gasteiger partial charge in [-0.1, -0.05) is 30.0 Å². The van der Waals surface area contributed by atoms with E-state index >= 15 is 0 Å². The molecule has 4 nitrogen and oxygen atoms in total. The molecular weight excluding hydrogens is 248 g/mol. The summed E-state index contributed by atoms with van der Waals surface area (Å²) in [7, 11) is 0. The van der Waals surface area contributed by atoms with Gasteiger partial charge in [-0.3, -0.25) is 4.99 Å². The van der Waals surface area contributed by atoms with Crippen molar-refractivity contribution in [2.75, 3.05) is 25.4 Å². The number of ether oxygens (including phenoxy) is 1. The molecule has 3 rings (SSSR count). The number of amidine groups is 1. The van der Waals surface area contributed by atoms with E-state index in [0.717, 1.165) is 29.6 Å². The monoisotopic (exact) mass is 264 g/mol. The molecule has 1 aromatic rings. The van der Waals surface area contributed by atoms with Crippen LogP contribution in [0.4, 0.5) is 0 Å². The zero-order valence-corrected chi connectivity index (χ0v) is 11.1. The molecule has 18 heavy (non-hydrogen) atoms. The van der Waals surface area contributed by atoms with Crippen LogP contribution >= 0.6 is 11.8 Å². The molecule has 1 aromatic carbocycles. The first-order valence-corrected chi connectivity index (χ1v) is 7.03. The third-order valence-electron chi connectivity index (χ3n) is 3.29. The molecule has 1 atom stereocenters. The highest BCUT2D eigenvalue weighted by molar-refractivity contribution is 8.14. The van der Waals surface area contributed by atoms with Crippen LogP contribution in [0.25, 0.3) is 0 Å². The minimum Gasteiger partial charge on any atom is -0.488 e. The van der Waals surface area contributed by atoms with Crippen LogP contribution in [0.1, 0.15) is 5.56 Å². The van der Waals surface area contributed by atoms with Crippen LogP contribution in [0, 0.1) is 6.92 Å². The van der Waals surface area contributed by atoms with Gasteiger partial charge in [-0.25, -0.2) is 0 Å². The van der Waals surface area contributed by atoms with Gasteiger partial charge >= 0.3 is 0 Å². The Morgan fingerprint density at radius 3 is 3.17 bits per heavy atom. The van der Waals surface area contributed by atoms with E-state index in [-0.39, 0.29) is 6.61 Å². The van der Waals surface area contributed by atoms with Crippen molar-refractivity contribution in [3.05, 3.63) is 29.8 Å². The highest BCUT2D eigenvalue weighted by atomic mass is 32.2. The van der Waals surface area contributed by atoms with Crippen molar-refractivity contribution in [2.24, 2.45) is 4.99 Å². The molecule has 0 aliphatic carbocycles. The number of thioether (sulfide) groups is 1. The van der Waals surface area contributed by atoms with E-state index in [9.17, 15) is 5.11 Å². The largest absolute Gasteiger partial charge is 0.488 e. The molecule has 1 fully saturated rings. The van der Waals surface area contributed by atoms with Gasteiger partial charge in [0.25, 0.3) is 0 Å². The van der Waals surface area contributed by atoms with E-state index < -0.39 is 5.72 Å². The van der Waals surface area contributed by atoms with E-state index in [4.69, 9.17) is 4.74 Å². The summed E-state index contributed by atoms with van der Waals surface area (Å²) in [5, 5.41) is 11.6. The Morgan fingerprint density at radius 2 is 2.33 bits per heavy atom. The number of para-hydroxylation sites is 1. The van der Waals surface area contributed by atoms with E-state index in [1.165, 1.54) is 0 Å². The van der Waals surface area contributed by atoms with Crippen molar-refractivity contribution in [1.82, 2.24) is 4.90 Å². The van der Waals surface area contributed by atoms with Gasteiger partial charge in [-0.05, 0) is 18.6 Å². The first-order valence-electron chi connectivity index (χ1n) is 6.05. The van der Waals surface area contributed by atoms with Gasteiger partial charge < -0.3 is 14.7 Å². The van der Waals surface area contributed by atoms with Gasteiger partial charge in [0.2, 0.25) is 0 Å². The van der Waals surface area contributed by atoms with Crippen molar-refractivity contribution in [3.8, 4) is 5.75 Å². The number of aryl methyl sites for hydroxylation is 1. The molecule has 5 heteroatoms. The second kappa shape index (κ2) is 4.48. The Balaban J connectivity index is 1.70. The van der Waals surface area contributed by atoms with Gasteiger partial charge in [-0.2, -0.15) is 0 Å². The van der Waals surface area contributed by atoms with Gasteiger partial charge in [-0.15, -0.1) is 0 Å². The van der Waals surface area contributed by atoms with Crippen LogP contribution in [0.2, 0.25) is 0 Å². The smallest absolute Gasteiger partial charge is 0.184 e. The molecule has 1 unspecified atom stereocenters. The number of hydrogen-bond donors (Lipinski definition) is 1. The zero-order valence-electron chi connectivity index (χ0n) is 10.3. The van der Waals surface area contributed by atoms with Crippen molar-refractivity contribution in [2.45, 2.75) is 12.6 Å². The maximum absolute atomic E-state index is 10.6. The minimum atomic E-state index is -0.914. The Labute approximate surface area is 111 Å². The molecule has 0 radical (unpaired) electrons. The number of fused-ring (bicyclic) bond motifs is 1. The lowest BCUT2D eigenvalue weighted by atomic mass is 10.2. The summed E-state index contributed by atoms with van der Waals surface area (Å²) in [6.45, 7) is 3.85. The number of aliphatic hydroxyl groups is 1. The fourth-order valence-corrected chi connectivity index (χ4v) is 3.42. The molecule has 2 aliphatic rings. The topological polar surface area (TPSA) is 45.1 Å². The molecule has 2 aliphatic heterocycles. The lowest BCUT2D eigenvalue weighted by molar-refractivity contribution is -0.0695. The molecule has 0 bridgehead atoms. The lowest BCUT2D eigenvalue weighted by Gasteiger charge is -2.31. The zero-order chi connectivity index (χ0) is 12.6. The van der Waals surface area contributed by atoms with Crippen LogP contribution in [0.15, 0.2) is 29.3 Å². The van der Waals surface area contributed by atoms with Crippen molar-refractivity contribution in [1.29, 1.82) is 0 Å². The maximum Gasteiger partial charge on any atom is 0.184 e. The second-order valence-corrected chi connectivity index (χ2v) is 5.58. The van der Waals surface area contributed by atoms with Gasteiger partial charge in [0.1, 0.15) is 12.4 Å². The first kappa shape index (κ1) is 11.9. The molecule has 96 valence electrons. The Morgan fingerprint density at radius 1 is 1.50 bits per heavy atom. The molecular formula is C13H16N2O2S. The fraction of sp³-hybridized carbons (Fsp3) is 0.462. The molecule has 1 N–H and O–H groups in total. The van der Waals surface area contributed by atoms with E-state index in [0.29, 0.717) is 5.75 Å². The number of aliphatic imine (C=N–C) groups is 1. The Bertz CT molecular complexity index is 492. The molecule has 0 spiro atoms. The summed E-state index contributed by atoms with van der Waals surface area (Å²) in [5.74, 6) is 1.46. The predicted molar refractivity (Wildman–Crippen MR) is 73.1 cm³/mol. The van der Waals surface area contributed by atoms with Crippen LogP contribution in [0.5, 0.6) is 5.75 Å². The molecule has 0 aromatic heterocycles. The number of nitrogens with zero attached hydrogens (tertiary/aromatic N) is 2. The second-order valence-electron chi connectivity index (χ2n) is 4.64.